The molecule has 0 bridgehead atoms. The minimum absolute atomic E-state index is 0.172. The van der Waals surface area contributed by atoms with Gasteiger partial charge in [0.2, 0.25) is 11.7 Å². The molecule has 6 heteroatoms. The Morgan fingerprint density at radius 2 is 2.25 bits per heavy atom. The normalized spacial score (nSPS) is 10.4. The predicted octanol–water partition coefficient (Wildman–Crippen LogP) is 2.25. The first-order valence-electron chi connectivity index (χ1n) is 4.42. The number of halogens is 1. The summed E-state index contributed by atoms with van der Waals surface area (Å²) in [7, 11) is 0. The molecule has 1 aromatic carbocycles. The molecule has 0 fully saturated rings. The number of amides is 1. The maximum absolute atomic E-state index is 13.1. The number of carbonyl (C=O) groups is 1. The number of hydrogen-bond donors (Lipinski definition) is 1. The molecular formula is C10H9FN2O3. The molecule has 5 nitrogen and oxygen atoms in total. The minimum atomic E-state index is -0.983. The Balaban J connectivity index is 2.89. The van der Waals surface area contributed by atoms with E-state index in [1.165, 1.54) is 18.2 Å². The first-order chi connectivity index (χ1) is 7.54. The average molecular weight is 224 g/mol. The smallest absolute Gasteiger partial charge is 0.304 e. The Hall–Kier alpha value is -2.24. The molecular weight excluding hydrogens is 215 g/mol. The largest absolute Gasteiger partial charge is 0.322 e. The van der Waals surface area contributed by atoms with Gasteiger partial charge in [-0.2, -0.15) is 4.39 Å². The summed E-state index contributed by atoms with van der Waals surface area (Å²) in [6, 6.07) is 3.17. The van der Waals surface area contributed by atoms with Crippen molar-refractivity contribution in [2.45, 2.75) is 6.92 Å². The molecule has 0 aromatic heterocycles. The minimum Gasteiger partial charge on any atom is -0.322 e. The highest BCUT2D eigenvalue weighted by molar-refractivity contribution is 5.99. The number of nitrogens with one attached hydrogen (secondary N) is 1. The van der Waals surface area contributed by atoms with E-state index in [1.807, 2.05) is 0 Å². The van der Waals surface area contributed by atoms with E-state index in [4.69, 9.17) is 0 Å². The van der Waals surface area contributed by atoms with Gasteiger partial charge in [0.05, 0.1) is 4.92 Å². The SMILES string of the molecule is C/C=C/C(=O)Nc1ccc([N+](=O)[O-])c(F)c1. The Bertz CT molecular complexity index is 457. The first-order valence-corrected chi connectivity index (χ1v) is 4.42. The topological polar surface area (TPSA) is 72.2 Å². The number of nitro benzene ring substituents is 1. The Morgan fingerprint density at radius 3 is 2.75 bits per heavy atom. The Kier molecular flexibility index (Phi) is 3.71. The zero-order valence-corrected chi connectivity index (χ0v) is 8.44. The van der Waals surface area contributed by atoms with Gasteiger partial charge in [0.15, 0.2) is 0 Å². The van der Waals surface area contributed by atoms with Gasteiger partial charge in [0.25, 0.3) is 0 Å². The van der Waals surface area contributed by atoms with E-state index in [9.17, 15) is 19.3 Å². The molecule has 0 saturated heterocycles. The summed E-state index contributed by atoms with van der Waals surface area (Å²) < 4.78 is 13.1. The van der Waals surface area contributed by atoms with Crippen molar-refractivity contribution in [1.82, 2.24) is 0 Å². The monoisotopic (exact) mass is 224 g/mol. The van der Waals surface area contributed by atoms with Crippen molar-refractivity contribution in [3.05, 3.63) is 46.3 Å². The second-order valence-electron chi connectivity index (χ2n) is 2.91. The summed E-state index contributed by atoms with van der Waals surface area (Å²) >= 11 is 0. The van der Waals surface area contributed by atoms with E-state index >= 15 is 0 Å². The van der Waals surface area contributed by atoms with Crippen molar-refractivity contribution in [2.75, 3.05) is 5.32 Å². The van der Waals surface area contributed by atoms with E-state index < -0.39 is 22.3 Å². The summed E-state index contributed by atoms with van der Waals surface area (Å²) in [5.41, 5.74) is -0.449. The van der Waals surface area contributed by atoms with Crippen LogP contribution in [0.15, 0.2) is 30.4 Å². The van der Waals surface area contributed by atoms with Crippen molar-refractivity contribution in [3.63, 3.8) is 0 Å². The van der Waals surface area contributed by atoms with E-state index in [0.717, 1.165) is 12.1 Å². The van der Waals surface area contributed by atoms with Crippen LogP contribution >= 0.6 is 0 Å². The summed E-state index contributed by atoms with van der Waals surface area (Å²) in [4.78, 5) is 20.6. The lowest BCUT2D eigenvalue weighted by Gasteiger charge is -2.01. The molecule has 0 aliphatic rings. The zero-order chi connectivity index (χ0) is 12.1. The molecule has 0 aliphatic heterocycles. The van der Waals surface area contributed by atoms with Crippen LogP contribution in [0.1, 0.15) is 6.92 Å². The fraction of sp³-hybridized carbons (Fsp3) is 0.100. The zero-order valence-electron chi connectivity index (χ0n) is 8.44. The van der Waals surface area contributed by atoms with Gasteiger partial charge in [-0.1, -0.05) is 6.08 Å². The van der Waals surface area contributed by atoms with Gasteiger partial charge in [-0.15, -0.1) is 0 Å². The molecule has 0 unspecified atom stereocenters. The van der Waals surface area contributed by atoms with Crippen LogP contribution < -0.4 is 5.32 Å². The van der Waals surface area contributed by atoms with Crippen molar-refractivity contribution < 1.29 is 14.1 Å². The number of hydrogen-bond acceptors (Lipinski definition) is 3. The number of nitro groups is 1. The van der Waals surface area contributed by atoms with E-state index in [2.05, 4.69) is 5.32 Å². The number of rotatable bonds is 3. The molecule has 1 aromatic rings. The summed E-state index contributed by atoms with van der Waals surface area (Å²) in [6.07, 6.45) is 2.79. The van der Waals surface area contributed by atoms with E-state index in [1.54, 1.807) is 6.92 Å². The molecule has 0 saturated carbocycles. The van der Waals surface area contributed by atoms with Gasteiger partial charge in [-0.3, -0.25) is 14.9 Å². The number of carbonyl (C=O) groups excluding carboxylic acids is 1. The first kappa shape index (κ1) is 11.8. The van der Waals surface area contributed by atoms with Crippen LogP contribution in [-0.4, -0.2) is 10.8 Å². The van der Waals surface area contributed by atoms with Crippen LogP contribution in [0, 0.1) is 15.9 Å². The molecule has 1 rings (SSSR count). The fourth-order valence-corrected chi connectivity index (χ4v) is 1.07. The molecule has 0 radical (unpaired) electrons. The van der Waals surface area contributed by atoms with Crippen molar-refractivity contribution in [2.24, 2.45) is 0 Å². The molecule has 1 amide bonds. The summed E-state index contributed by atoms with van der Waals surface area (Å²) in [6.45, 7) is 1.66. The average Bonchev–Trinajstić information content (AvgIpc) is 2.17. The molecule has 0 aliphatic carbocycles. The van der Waals surface area contributed by atoms with Crippen LogP contribution in [0.25, 0.3) is 0 Å². The molecule has 16 heavy (non-hydrogen) atoms. The van der Waals surface area contributed by atoms with Gasteiger partial charge in [0, 0.05) is 17.8 Å². The van der Waals surface area contributed by atoms with E-state index in [-0.39, 0.29) is 5.69 Å². The van der Waals surface area contributed by atoms with Crippen molar-refractivity contribution in [1.29, 1.82) is 0 Å². The second kappa shape index (κ2) is 5.01. The number of anilines is 1. The number of allylic oxidation sites excluding steroid dienone is 1. The van der Waals surface area contributed by atoms with Gasteiger partial charge in [0.1, 0.15) is 0 Å². The maximum atomic E-state index is 13.1. The summed E-state index contributed by atoms with van der Waals surface area (Å²) in [5.74, 6) is -1.40. The highest BCUT2D eigenvalue weighted by Crippen LogP contribution is 2.20. The third-order valence-corrected chi connectivity index (χ3v) is 1.73. The van der Waals surface area contributed by atoms with Gasteiger partial charge in [-0.25, -0.2) is 0 Å². The van der Waals surface area contributed by atoms with Crippen LogP contribution in [0.3, 0.4) is 0 Å². The summed E-state index contributed by atoms with van der Waals surface area (Å²) in [5, 5.41) is 12.7. The van der Waals surface area contributed by atoms with Gasteiger partial charge >= 0.3 is 5.69 Å². The molecule has 84 valence electrons. The Labute approximate surface area is 90.7 Å². The van der Waals surface area contributed by atoms with Crippen molar-refractivity contribution in [3.8, 4) is 0 Å². The molecule has 0 heterocycles. The maximum Gasteiger partial charge on any atom is 0.304 e. The van der Waals surface area contributed by atoms with Gasteiger partial charge < -0.3 is 5.32 Å². The molecule has 0 atom stereocenters. The molecule has 1 N–H and O–H groups in total. The lowest BCUT2D eigenvalue weighted by Crippen LogP contribution is -2.08. The fourth-order valence-electron chi connectivity index (χ4n) is 1.07. The quantitative estimate of drug-likeness (QED) is 0.486. The second-order valence-corrected chi connectivity index (χ2v) is 2.91. The highest BCUT2D eigenvalue weighted by atomic mass is 19.1. The number of nitrogens with zero attached hydrogens (tertiary/aromatic N) is 1. The van der Waals surface area contributed by atoms with Crippen LogP contribution in [-0.2, 0) is 4.79 Å². The highest BCUT2D eigenvalue weighted by Gasteiger charge is 2.13. The number of benzene rings is 1. The third kappa shape index (κ3) is 2.88. The van der Waals surface area contributed by atoms with Crippen LogP contribution in [0.2, 0.25) is 0 Å². The van der Waals surface area contributed by atoms with Gasteiger partial charge in [-0.05, 0) is 19.1 Å². The van der Waals surface area contributed by atoms with Crippen LogP contribution in [0.4, 0.5) is 15.8 Å². The predicted molar refractivity (Wildman–Crippen MR) is 56.5 cm³/mol. The van der Waals surface area contributed by atoms with E-state index in [0.29, 0.717) is 0 Å². The van der Waals surface area contributed by atoms with Crippen LogP contribution in [0.5, 0.6) is 0 Å². The standard InChI is InChI=1S/C10H9FN2O3/c1-2-3-10(14)12-7-4-5-9(13(15)16)8(11)6-7/h2-6H,1H3,(H,12,14)/b3-2+. The Morgan fingerprint density at radius 1 is 1.56 bits per heavy atom. The third-order valence-electron chi connectivity index (χ3n) is 1.73. The molecule has 0 spiro atoms. The van der Waals surface area contributed by atoms with Crippen molar-refractivity contribution >= 4 is 17.3 Å². The lowest BCUT2D eigenvalue weighted by atomic mass is 10.2. The lowest BCUT2D eigenvalue weighted by molar-refractivity contribution is -0.387.